The Kier molecular flexibility index (Phi) is 2.66. The van der Waals surface area contributed by atoms with E-state index in [1.807, 2.05) is 30.3 Å². The van der Waals surface area contributed by atoms with Crippen LogP contribution in [0.15, 0.2) is 42.6 Å². The first-order chi connectivity index (χ1) is 7.31. The lowest BCUT2D eigenvalue weighted by Crippen LogP contribution is -1.86. The van der Waals surface area contributed by atoms with Gasteiger partial charge in [0.15, 0.2) is 0 Å². The fraction of sp³-hybridized carbons (Fsp3) is 0. The van der Waals surface area contributed by atoms with E-state index in [1.54, 1.807) is 12.3 Å². The monoisotopic (exact) mass is 214 g/mol. The molecule has 72 valence electrons. The Morgan fingerprint density at radius 2 is 1.93 bits per heavy atom. The lowest BCUT2D eigenvalue weighted by molar-refractivity contribution is 1.31. The molecule has 0 radical (unpaired) electrons. The summed E-state index contributed by atoms with van der Waals surface area (Å²) in [5.74, 6) is 0. The van der Waals surface area contributed by atoms with Gasteiger partial charge in [-0.15, -0.1) is 0 Å². The number of benzene rings is 1. The highest BCUT2D eigenvalue weighted by Gasteiger charge is 2.05. The summed E-state index contributed by atoms with van der Waals surface area (Å²) in [6.07, 6.45) is 1.62. The van der Waals surface area contributed by atoms with E-state index < -0.39 is 0 Å². The summed E-state index contributed by atoms with van der Waals surface area (Å²) in [7, 11) is 0. The van der Waals surface area contributed by atoms with E-state index in [4.69, 9.17) is 16.9 Å². The van der Waals surface area contributed by atoms with Crippen molar-refractivity contribution in [1.82, 2.24) is 4.98 Å². The van der Waals surface area contributed by atoms with Crippen molar-refractivity contribution in [2.45, 2.75) is 0 Å². The third kappa shape index (κ3) is 1.98. The first-order valence-corrected chi connectivity index (χ1v) is 4.80. The second-order valence-electron chi connectivity index (χ2n) is 3.03. The van der Waals surface area contributed by atoms with Crippen molar-refractivity contribution in [1.29, 1.82) is 5.26 Å². The normalized spacial score (nSPS) is 9.60. The summed E-state index contributed by atoms with van der Waals surface area (Å²) in [4.78, 5) is 3.98. The molecule has 0 aliphatic rings. The van der Waals surface area contributed by atoms with Crippen LogP contribution in [0.2, 0.25) is 5.15 Å². The van der Waals surface area contributed by atoms with E-state index in [0.717, 1.165) is 11.1 Å². The lowest BCUT2D eigenvalue weighted by Gasteiger charge is -2.03. The van der Waals surface area contributed by atoms with Crippen LogP contribution in [-0.4, -0.2) is 4.98 Å². The van der Waals surface area contributed by atoms with Crippen LogP contribution >= 0.6 is 11.6 Å². The molecular weight excluding hydrogens is 208 g/mol. The Bertz CT molecular complexity index is 515. The highest BCUT2D eigenvalue weighted by Crippen LogP contribution is 2.23. The highest BCUT2D eigenvalue weighted by molar-refractivity contribution is 6.29. The lowest BCUT2D eigenvalue weighted by atomic mass is 10.0. The van der Waals surface area contributed by atoms with E-state index in [9.17, 15) is 0 Å². The molecular formula is C12H7ClN2. The number of halogens is 1. The van der Waals surface area contributed by atoms with Gasteiger partial charge in [0.25, 0.3) is 0 Å². The molecule has 1 aromatic heterocycles. The zero-order chi connectivity index (χ0) is 10.7. The van der Waals surface area contributed by atoms with Gasteiger partial charge in [-0.2, -0.15) is 5.26 Å². The van der Waals surface area contributed by atoms with Gasteiger partial charge in [0, 0.05) is 11.8 Å². The maximum absolute atomic E-state index is 8.97. The molecule has 1 aromatic carbocycles. The summed E-state index contributed by atoms with van der Waals surface area (Å²) in [5, 5.41) is 9.31. The van der Waals surface area contributed by atoms with Gasteiger partial charge in [0.1, 0.15) is 5.15 Å². The van der Waals surface area contributed by atoms with Crippen molar-refractivity contribution in [2.75, 3.05) is 0 Å². The topological polar surface area (TPSA) is 36.7 Å². The summed E-state index contributed by atoms with van der Waals surface area (Å²) < 4.78 is 0. The second kappa shape index (κ2) is 4.12. The van der Waals surface area contributed by atoms with Gasteiger partial charge in [-0.25, -0.2) is 4.98 Å². The smallest absolute Gasteiger partial charge is 0.130 e. The fourth-order valence-corrected chi connectivity index (χ4v) is 1.53. The molecule has 0 N–H and O–H groups in total. The van der Waals surface area contributed by atoms with Gasteiger partial charge < -0.3 is 0 Å². The molecule has 0 aliphatic carbocycles. The minimum atomic E-state index is 0.339. The van der Waals surface area contributed by atoms with E-state index in [2.05, 4.69) is 11.1 Å². The van der Waals surface area contributed by atoms with Crippen molar-refractivity contribution >= 4 is 11.6 Å². The Morgan fingerprint density at radius 3 is 2.60 bits per heavy atom. The number of pyridine rings is 1. The molecule has 3 heteroatoms. The molecule has 0 atom stereocenters. The largest absolute Gasteiger partial charge is 0.244 e. The maximum Gasteiger partial charge on any atom is 0.130 e. The Hall–Kier alpha value is -1.85. The van der Waals surface area contributed by atoms with Crippen molar-refractivity contribution in [2.24, 2.45) is 0 Å². The summed E-state index contributed by atoms with van der Waals surface area (Å²) in [6, 6.07) is 13.3. The minimum Gasteiger partial charge on any atom is -0.244 e. The molecule has 0 spiro atoms. The van der Waals surface area contributed by atoms with Crippen LogP contribution in [0.5, 0.6) is 0 Å². The predicted molar refractivity (Wildman–Crippen MR) is 59.4 cm³/mol. The molecule has 0 aliphatic heterocycles. The number of aromatic nitrogens is 1. The van der Waals surface area contributed by atoms with Crippen LogP contribution in [0.25, 0.3) is 11.1 Å². The molecule has 0 amide bonds. The number of nitriles is 1. The SMILES string of the molecule is N#Cc1cc(Cl)ncc1-c1ccccc1. The van der Waals surface area contributed by atoms with Crippen LogP contribution in [0, 0.1) is 11.3 Å². The third-order valence-corrected chi connectivity index (χ3v) is 2.28. The van der Waals surface area contributed by atoms with E-state index in [1.165, 1.54) is 0 Å². The Labute approximate surface area is 92.8 Å². The van der Waals surface area contributed by atoms with E-state index >= 15 is 0 Å². The average Bonchev–Trinajstić information content (AvgIpc) is 2.30. The molecule has 0 saturated carbocycles. The summed E-state index contributed by atoms with van der Waals surface area (Å²) in [5.41, 5.74) is 2.32. The second-order valence-corrected chi connectivity index (χ2v) is 3.42. The van der Waals surface area contributed by atoms with Crippen LogP contribution < -0.4 is 0 Å². The molecule has 15 heavy (non-hydrogen) atoms. The molecule has 2 nitrogen and oxygen atoms in total. The number of nitrogens with zero attached hydrogens (tertiary/aromatic N) is 2. The molecule has 0 fully saturated rings. The van der Waals surface area contributed by atoms with Crippen LogP contribution in [0.1, 0.15) is 5.56 Å². The zero-order valence-corrected chi connectivity index (χ0v) is 8.57. The average molecular weight is 215 g/mol. The number of hydrogen-bond acceptors (Lipinski definition) is 2. The van der Waals surface area contributed by atoms with Gasteiger partial charge >= 0.3 is 0 Å². The van der Waals surface area contributed by atoms with E-state index in [0.29, 0.717) is 10.7 Å². The third-order valence-electron chi connectivity index (χ3n) is 2.08. The van der Waals surface area contributed by atoms with Crippen molar-refractivity contribution in [3.8, 4) is 17.2 Å². The summed E-state index contributed by atoms with van der Waals surface area (Å²) in [6.45, 7) is 0. The highest BCUT2D eigenvalue weighted by atomic mass is 35.5. The minimum absolute atomic E-state index is 0.339. The number of rotatable bonds is 1. The van der Waals surface area contributed by atoms with Crippen molar-refractivity contribution in [3.63, 3.8) is 0 Å². The van der Waals surface area contributed by atoms with Crippen LogP contribution in [-0.2, 0) is 0 Å². The molecule has 0 unspecified atom stereocenters. The summed E-state index contributed by atoms with van der Waals surface area (Å²) >= 11 is 5.72. The molecule has 0 bridgehead atoms. The number of hydrogen-bond donors (Lipinski definition) is 0. The fourth-order valence-electron chi connectivity index (χ4n) is 1.37. The van der Waals surface area contributed by atoms with Gasteiger partial charge in [-0.05, 0) is 11.6 Å². The van der Waals surface area contributed by atoms with E-state index in [-0.39, 0.29) is 0 Å². The van der Waals surface area contributed by atoms with Gasteiger partial charge in [0.05, 0.1) is 11.6 Å². The Balaban J connectivity index is 2.60. The van der Waals surface area contributed by atoms with Gasteiger partial charge in [-0.3, -0.25) is 0 Å². The maximum atomic E-state index is 8.97. The van der Waals surface area contributed by atoms with Gasteiger partial charge in [-0.1, -0.05) is 41.9 Å². The molecule has 1 heterocycles. The molecule has 2 aromatic rings. The van der Waals surface area contributed by atoms with Crippen LogP contribution in [0.3, 0.4) is 0 Å². The van der Waals surface area contributed by atoms with Gasteiger partial charge in [0.2, 0.25) is 0 Å². The first-order valence-electron chi connectivity index (χ1n) is 4.42. The quantitative estimate of drug-likeness (QED) is 0.683. The Morgan fingerprint density at radius 1 is 1.20 bits per heavy atom. The first kappa shape index (κ1) is 9.70. The van der Waals surface area contributed by atoms with Crippen molar-refractivity contribution < 1.29 is 0 Å². The zero-order valence-electron chi connectivity index (χ0n) is 7.81. The molecule has 2 rings (SSSR count). The van der Waals surface area contributed by atoms with Crippen LogP contribution in [0.4, 0.5) is 0 Å². The predicted octanol–water partition coefficient (Wildman–Crippen LogP) is 3.27. The molecule has 0 saturated heterocycles. The van der Waals surface area contributed by atoms with Crippen molar-refractivity contribution in [3.05, 3.63) is 53.3 Å². The standard InChI is InChI=1S/C12H7ClN2/c13-12-6-10(7-14)11(8-15-12)9-4-2-1-3-5-9/h1-6,8H.